The standard InChI is InChI=1S/C25H26ClF3N4O2/c1-16-12-23(33-9-3-8-32(2)10-11-33)31-21-6-5-18(14-19(16)21)30-24(34)15-35-22-7-4-17(13-20(22)26)25(27,28)29/h4-7,12-14H,3,8-11,15H2,1-2H3,(H,30,34). The molecule has 0 aliphatic carbocycles. The third kappa shape index (κ3) is 6.15. The highest BCUT2D eigenvalue weighted by molar-refractivity contribution is 6.32. The first-order valence-corrected chi connectivity index (χ1v) is 11.6. The summed E-state index contributed by atoms with van der Waals surface area (Å²) in [6, 6.07) is 10.3. The van der Waals surface area contributed by atoms with E-state index in [1.807, 2.05) is 19.1 Å². The van der Waals surface area contributed by atoms with Crippen LogP contribution < -0.4 is 15.0 Å². The minimum absolute atomic E-state index is 0.000563. The summed E-state index contributed by atoms with van der Waals surface area (Å²) in [6.07, 6.45) is -3.42. The zero-order valence-corrected chi connectivity index (χ0v) is 20.2. The smallest absolute Gasteiger partial charge is 0.416 e. The fraction of sp³-hybridized carbons (Fsp3) is 0.360. The van der Waals surface area contributed by atoms with Crippen LogP contribution in [0.15, 0.2) is 42.5 Å². The van der Waals surface area contributed by atoms with E-state index < -0.39 is 24.3 Å². The minimum Gasteiger partial charge on any atom is -0.482 e. The monoisotopic (exact) mass is 506 g/mol. The first-order chi connectivity index (χ1) is 16.6. The number of amides is 1. The molecule has 1 aliphatic heterocycles. The van der Waals surface area contributed by atoms with Crippen LogP contribution in [0.3, 0.4) is 0 Å². The van der Waals surface area contributed by atoms with Gasteiger partial charge in [0.05, 0.1) is 16.1 Å². The van der Waals surface area contributed by atoms with E-state index in [-0.39, 0.29) is 10.8 Å². The molecule has 0 unspecified atom stereocenters. The molecule has 2 aromatic carbocycles. The Morgan fingerprint density at radius 3 is 2.66 bits per heavy atom. The van der Waals surface area contributed by atoms with Crippen LogP contribution in [0.5, 0.6) is 5.75 Å². The Labute approximate surface area is 206 Å². The predicted octanol–water partition coefficient (Wildman–Crippen LogP) is 5.37. The van der Waals surface area contributed by atoms with E-state index >= 15 is 0 Å². The first kappa shape index (κ1) is 25.1. The zero-order chi connectivity index (χ0) is 25.2. The molecule has 1 amide bonds. The van der Waals surface area contributed by atoms with Crippen molar-refractivity contribution in [2.45, 2.75) is 19.5 Å². The van der Waals surface area contributed by atoms with E-state index in [9.17, 15) is 18.0 Å². The SMILES string of the molecule is Cc1cc(N2CCCN(C)CC2)nc2ccc(NC(=O)COc3ccc(C(F)(F)F)cc3Cl)cc12. The second-order valence-electron chi connectivity index (χ2n) is 8.65. The van der Waals surface area contributed by atoms with Crippen LogP contribution in [-0.2, 0) is 11.0 Å². The van der Waals surface area contributed by atoms with Crippen molar-refractivity contribution in [3.8, 4) is 5.75 Å². The van der Waals surface area contributed by atoms with Gasteiger partial charge in [0.25, 0.3) is 5.91 Å². The fourth-order valence-corrected chi connectivity index (χ4v) is 4.26. The summed E-state index contributed by atoms with van der Waals surface area (Å²) in [5.74, 6) is 0.487. The summed E-state index contributed by atoms with van der Waals surface area (Å²) < 4.78 is 43.6. The van der Waals surface area contributed by atoms with Gasteiger partial charge >= 0.3 is 6.18 Å². The molecule has 2 heterocycles. The van der Waals surface area contributed by atoms with Crippen molar-refractivity contribution in [3.63, 3.8) is 0 Å². The molecule has 1 aromatic heterocycles. The number of halogens is 4. The summed E-state index contributed by atoms with van der Waals surface area (Å²) in [7, 11) is 2.13. The summed E-state index contributed by atoms with van der Waals surface area (Å²) >= 11 is 5.88. The number of hydrogen-bond acceptors (Lipinski definition) is 5. The molecule has 1 saturated heterocycles. The Hall–Kier alpha value is -3.04. The second-order valence-corrected chi connectivity index (χ2v) is 9.06. The third-order valence-corrected chi connectivity index (χ3v) is 6.24. The number of anilines is 2. The third-order valence-electron chi connectivity index (χ3n) is 5.95. The van der Waals surface area contributed by atoms with Crippen LogP contribution in [0.2, 0.25) is 5.02 Å². The molecule has 186 valence electrons. The molecule has 0 bridgehead atoms. The number of nitrogens with one attached hydrogen (secondary N) is 1. The molecule has 4 rings (SSSR count). The zero-order valence-electron chi connectivity index (χ0n) is 19.5. The summed E-state index contributed by atoms with van der Waals surface area (Å²) in [5.41, 5.74) is 1.57. The Morgan fingerprint density at radius 1 is 1.11 bits per heavy atom. The van der Waals surface area contributed by atoms with Gasteiger partial charge in [-0.25, -0.2) is 4.98 Å². The lowest BCUT2D eigenvalue weighted by atomic mass is 10.1. The average Bonchev–Trinajstić information content (AvgIpc) is 3.02. The molecule has 0 radical (unpaired) electrons. The Morgan fingerprint density at radius 2 is 1.91 bits per heavy atom. The van der Waals surface area contributed by atoms with Gasteiger partial charge in [0, 0.05) is 30.7 Å². The van der Waals surface area contributed by atoms with Gasteiger partial charge in [0.15, 0.2) is 6.61 Å². The van der Waals surface area contributed by atoms with Crippen molar-refractivity contribution in [2.75, 3.05) is 50.1 Å². The molecule has 1 fully saturated rings. The maximum atomic E-state index is 12.8. The van der Waals surface area contributed by atoms with Crippen molar-refractivity contribution in [2.24, 2.45) is 0 Å². The highest BCUT2D eigenvalue weighted by Crippen LogP contribution is 2.34. The normalized spacial score (nSPS) is 15.2. The van der Waals surface area contributed by atoms with Crippen LogP contribution >= 0.6 is 11.6 Å². The van der Waals surface area contributed by atoms with Crippen LogP contribution in [0.1, 0.15) is 17.5 Å². The topological polar surface area (TPSA) is 57.7 Å². The maximum absolute atomic E-state index is 12.8. The van der Waals surface area contributed by atoms with E-state index in [0.717, 1.165) is 73.1 Å². The molecule has 1 aliphatic rings. The van der Waals surface area contributed by atoms with Gasteiger partial charge < -0.3 is 19.9 Å². The van der Waals surface area contributed by atoms with E-state index in [4.69, 9.17) is 21.3 Å². The van der Waals surface area contributed by atoms with Crippen LogP contribution in [0.25, 0.3) is 10.9 Å². The highest BCUT2D eigenvalue weighted by atomic mass is 35.5. The van der Waals surface area contributed by atoms with Crippen molar-refractivity contribution in [3.05, 3.63) is 58.6 Å². The molecule has 3 aromatic rings. The highest BCUT2D eigenvalue weighted by Gasteiger charge is 2.31. The second kappa shape index (κ2) is 10.3. The number of nitrogens with zero attached hydrogens (tertiary/aromatic N) is 3. The first-order valence-electron chi connectivity index (χ1n) is 11.2. The maximum Gasteiger partial charge on any atom is 0.416 e. The van der Waals surface area contributed by atoms with Crippen LogP contribution in [0.4, 0.5) is 24.7 Å². The lowest BCUT2D eigenvalue weighted by molar-refractivity contribution is -0.137. The number of alkyl halides is 3. The molecule has 0 spiro atoms. The molecule has 10 heteroatoms. The Balaban J connectivity index is 1.42. The number of aromatic nitrogens is 1. The number of hydrogen-bond donors (Lipinski definition) is 1. The Kier molecular flexibility index (Phi) is 7.37. The molecule has 1 N–H and O–H groups in total. The van der Waals surface area contributed by atoms with Gasteiger partial charge in [-0.1, -0.05) is 11.6 Å². The number of fused-ring (bicyclic) bond motifs is 1. The van der Waals surface area contributed by atoms with Gasteiger partial charge in [-0.3, -0.25) is 4.79 Å². The van der Waals surface area contributed by atoms with Crippen LogP contribution in [-0.4, -0.2) is 55.6 Å². The molecule has 35 heavy (non-hydrogen) atoms. The van der Waals surface area contributed by atoms with Gasteiger partial charge in [0.2, 0.25) is 0 Å². The lowest BCUT2D eigenvalue weighted by Gasteiger charge is -2.22. The van der Waals surface area contributed by atoms with Gasteiger partial charge in [0.1, 0.15) is 11.6 Å². The number of rotatable bonds is 5. The minimum atomic E-state index is -4.51. The van der Waals surface area contributed by atoms with Crippen LogP contribution in [0, 0.1) is 6.92 Å². The van der Waals surface area contributed by atoms with Gasteiger partial charge in [-0.2, -0.15) is 13.2 Å². The quantitative estimate of drug-likeness (QED) is 0.504. The number of likely N-dealkylation sites (N-methyl/N-ethyl adjacent to an activating group) is 1. The van der Waals surface area contributed by atoms with Crippen molar-refractivity contribution in [1.29, 1.82) is 0 Å². The fourth-order valence-electron chi connectivity index (χ4n) is 4.03. The van der Waals surface area contributed by atoms with Gasteiger partial charge in [-0.15, -0.1) is 0 Å². The number of carbonyl (C=O) groups is 1. The predicted molar refractivity (Wildman–Crippen MR) is 131 cm³/mol. The number of benzene rings is 2. The molecular formula is C25H26ClF3N4O2. The largest absolute Gasteiger partial charge is 0.482 e. The molecule has 0 saturated carbocycles. The summed E-state index contributed by atoms with van der Waals surface area (Å²) in [5, 5.41) is 3.45. The number of carbonyl (C=O) groups excluding carboxylic acids is 1. The summed E-state index contributed by atoms with van der Waals surface area (Å²) in [4.78, 5) is 21.8. The average molecular weight is 507 g/mol. The molecular weight excluding hydrogens is 481 g/mol. The van der Waals surface area contributed by atoms with Gasteiger partial charge in [-0.05, 0) is 75.0 Å². The van der Waals surface area contributed by atoms with E-state index in [1.165, 1.54) is 0 Å². The summed E-state index contributed by atoms with van der Waals surface area (Å²) in [6.45, 7) is 5.55. The molecule has 6 nitrogen and oxygen atoms in total. The molecule has 0 atom stereocenters. The van der Waals surface area contributed by atoms with Crippen molar-refractivity contribution in [1.82, 2.24) is 9.88 Å². The number of pyridine rings is 1. The lowest BCUT2D eigenvalue weighted by Crippen LogP contribution is -2.29. The number of ether oxygens (including phenoxy) is 1. The number of aryl methyl sites for hydroxylation is 1. The van der Waals surface area contributed by atoms with E-state index in [0.29, 0.717) is 5.69 Å². The van der Waals surface area contributed by atoms with Crippen molar-refractivity contribution >= 4 is 39.9 Å². The van der Waals surface area contributed by atoms with E-state index in [2.05, 4.69) is 28.2 Å². The Bertz CT molecular complexity index is 1240. The van der Waals surface area contributed by atoms with Crippen molar-refractivity contribution < 1.29 is 22.7 Å². The van der Waals surface area contributed by atoms with E-state index in [1.54, 1.807) is 6.07 Å².